The highest BCUT2D eigenvalue weighted by Crippen LogP contribution is 2.09. The third-order valence-electron chi connectivity index (χ3n) is 4.18. The molecule has 0 amide bonds. The lowest BCUT2D eigenvalue weighted by Crippen LogP contribution is -2.40. The molecule has 0 radical (unpaired) electrons. The van der Waals surface area contributed by atoms with Crippen molar-refractivity contribution in [2.24, 2.45) is 18.0 Å². The van der Waals surface area contributed by atoms with Crippen LogP contribution in [0.25, 0.3) is 0 Å². The van der Waals surface area contributed by atoms with E-state index in [0.717, 1.165) is 62.8 Å². The Morgan fingerprint density at radius 3 is 2.52 bits per heavy atom. The van der Waals surface area contributed by atoms with E-state index in [0.29, 0.717) is 12.5 Å². The Morgan fingerprint density at radius 2 is 1.96 bits per heavy atom. The highest BCUT2D eigenvalue weighted by atomic mass is 127. The number of guanidine groups is 1. The molecule has 1 aromatic heterocycles. The van der Waals surface area contributed by atoms with Crippen molar-refractivity contribution in [3.63, 3.8) is 0 Å². The fourth-order valence-corrected chi connectivity index (χ4v) is 2.48. The average molecular weight is 466 g/mol. The number of aryl methyl sites for hydroxylation is 1. The van der Waals surface area contributed by atoms with E-state index in [1.54, 1.807) is 0 Å². The molecule has 0 bridgehead atoms. The van der Waals surface area contributed by atoms with Gasteiger partial charge in [0.1, 0.15) is 12.4 Å². The summed E-state index contributed by atoms with van der Waals surface area (Å²) in [6, 6.07) is 0. The molecule has 3 N–H and O–H groups in total. The maximum Gasteiger partial charge on any atom is 0.191 e. The second-order valence-corrected chi connectivity index (χ2v) is 6.22. The minimum Gasteiger partial charge on any atom is -0.396 e. The number of aliphatic hydroxyl groups excluding tert-OH is 1. The Morgan fingerprint density at radius 1 is 1.20 bits per heavy atom. The molecule has 0 aromatic carbocycles. The van der Waals surface area contributed by atoms with Crippen molar-refractivity contribution < 1.29 is 5.11 Å². The van der Waals surface area contributed by atoms with Gasteiger partial charge in [0.25, 0.3) is 0 Å². The number of unbranched alkanes of at least 4 members (excludes halogenated alkanes) is 1. The van der Waals surface area contributed by atoms with Crippen molar-refractivity contribution in [2.75, 3.05) is 19.7 Å². The Hall–Kier alpha value is -0.900. The van der Waals surface area contributed by atoms with Gasteiger partial charge in [-0.05, 0) is 32.1 Å². The number of aliphatic hydroxyl groups is 1. The van der Waals surface area contributed by atoms with Gasteiger partial charge in [-0.3, -0.25) is 0 Å². The van der Waals surface area contributed by atoms with Crippen LogP contribution in [0.15, 0.2) is 4.99 Å². The Bertz CT molecular complexity index is 485. The van der Waals surface area contributed by atoms with Gasteiger partial charge < -0.3 is 20.3 Å². The van der Waals surface area contributed by atoms with Gasteiger partial charge >= 0.3 is 0 Å². The first kappa shape index (κ1) is 24.1. The molecule has 1 aromatic rings. The highest BCUT2D eigenvalue weighted by Gasteiger charge is 2.09. The number of rotatable bonds is 11. The lowest BCUT2D eigenvalue weighted by atomic mass is 10.0. The lowest BCUT2D eigenvalue weighted by molar-refractivity contribution is 0.251. The van der Waals surface area contributed by atoms with Crippen LogP contribution < -0.4 is 10.6 Å². The summed E-state index contributed by atoms with van der Waals surface area (Å²) in [4.78, 5) is 4.64. The molecule has 25 heavy (non-hydrogen) atoms. The van der Waals surface area contributed by atoms with Crippen LogP contribution in [0.4, 0.5) is 0 Å². The molecular formula is C17H35IN6O. The first-order valence-electron chi connectivity index (χ1n) is 9.10. The number of aliphatic imine (C=N–C) groups is 1. The van der Waals surface area contributed by atoms with Crippen molar-refractivity contribution in [1.29, 1.82) is 0 Å². The Kier molecular flexibility index (Phi) is 13.8. The molecule has 0 aliphatic carbocycles. The monoisotopic (exact) mass is 466 g/mol. The standard InChI is InChI=1S/C17H34N6O.HI/c1-5-7-10-18-17(19-12-15(8-6-2)9-11-24)20-13-16-22-21-14(3)23(16)4;/h15,24H,5-13H2,1-4H3,(H2,18,19,20);1H. The number of halogens is 1. The van der Waals surface area contributed by atoms with Crippen LogP contribution in [-0.2, 0) is 13.6 Å². The van der Waals surface area contributed by atoms with Gasteiger partial charge in [-0.15, -0.1) is 34.2 Å². The highest BCUT2D eigenvalue weighted by molar-refractivity contribution is 14.0. The lowest BCUT2D eigenvalue weighted by Gasteiger charge is -2.18. The van der Waals surface area contributed by atoms with Gasteiger partial charge in [0.05, 0.1) is 0 Å². The Balaban J connectivity index is 0.00000576. The topological polar surface area (TPSA) is 87.4 Å². The number of hydrogen-bond acceptors (Lipinski definition) is 4. The van der Waals surface area contributed by atoms with E-state index in [9.17, 15) is 5.11 Å². The number of nitrogens with zero attached hydrogens (tertiary/aromatic N) is 4. The summed E-state index contributed by atoms with van der Waals surface area (Å²) in [5.74, 6) is 3.02. The van der Waals surface area contributed by atoms with Crippen LogP contribution in [0.1, 0.15) is 57.6 Å². The summed E-state index contributed by atoms with van der Waals surface area (Å²) < 4.78 is 1.96. The fourth-order valence-electron chi connectivity index (χ4n) is 2.48. The quantitative estimate of drug-likeness (QED) is 0.202. The van der Waals surface area contributed by atoms with Gasteiger partial charge in [-0.25, -0.2) is 4.99 Å². The van der Waals surface area contributed by atoms with E-state index in [1.165, 1.54) is 0 Å². The fraction of sp³-hybridized carbons (Fsp3) is 0.824. The molecule has 1 atom stereocenters. The minimum absolute atomic E-state index is 0. The summed E-state index contributed by atoms with van der Waals surface area (Å²) in [6.45, 7) is 8.74. The van der Waals surface area contributed by atoms with E-state index in [1.807, 2.05) is 18.5 Å². The van der Waals surface area contributed by atoms with E-state index in [4.69, 9.17) is 0 Å². The van der Waals surface area contributed by atoms with Crippen LogP contribution in [0.2, 0.25) is 0 Å². The van der Waals surface area contributed by atoms with Crippen LogP contribution >= 0.6 is 24.0 Å². The maximum atomic E-state index is 9.20. The maximum absolute atomic E-state index is 9.20. The third kappa shape index (κ3) is 9.39. The molecule has 146 valence electrons. The zero-order chi connectivity index (χ0) is 17.8. The average Bonchev–Trinajstić information content (AvgIpc) is 2.89. The predicted molar refractivity (Wildman–Crippen MR) is 113 cm³/mol. The Labute approximate surface area is 169 Å². The zero-order valence-electron chi connectivity index (χ0n) is 16.1. The molecule has 7 nitrogen and oxygen atoms in total. The molecule has 0 spiro atoms. The zero-order valence-corrected chi connectivity index (χ0v) is 18.4. The largest absolute Gasteiger partial charge is 0.396 e. The normalized spacial score (nSPS) is 12.6. The van der Waals surface area contributed by atoms with E-state index in [2.05, 4.69) is 39.7 Å². The van der Waals surface area contributed by atoms with Crippen LogP contribution in [0, 0.1) is 12.8 Å². The summed E-state index contributed by atoms with van der Waals surface area (Å²) in [7, 11) is 1.95. The van der Waals surface area contributed by atoms with Crippen LogP contribution in [-0.4, -0.2) is 45.5 Å². The van der Waals surface area contributed by atoms with Gasteiger partial charge in [0.15, 0.2) is 11.8 Å². The second kappa shape index (κ2) is 14.3. The molecular weight excluding hydrogens is 431 g/mol. The van der Waals surface area contributed by atoms with E-state index >= 15 is 0 Å². The first-order chi connectivity index (χ1) is 11.6. The van der Waals surface area contributed by atoms with Gasteiger partial charge in [0.2, 0.25) is 0 Å². The van der Waals surface area contributed by atoms with E-state index in [-0.39, 0.29) is 30.6 Å². The minimum atomic E-state index is 0. The molecule has 1 rings (SSSR count). The summed E-state index contributed by atoms with van der Waals surface area (Å²) in [6.07, 6.45) is 5.31. The molecule has 1 unspecified atom stereocenters. The van der Waals surface area contributed by atoms with Gasteiger partial charge in [-0.1, -0.05) is 26.7 Å². The first-order valence-corrected chi connectivity index (χ1v) is 9.10. The molecule has 0 fully saturated rings. The predicted octanol–water partition coefficient (Wildman–Crippen LogP) is 2.38. The number of aromatic nitrogens is 3. The molecule has 8 heteroatoms. The smallest absolute Gasteiger partial charge is 0.191 e. The van der Waals surface area contributed by atoms with Crippen molar-refractivity contribution in [3.8, 4) is 0 Å². The van der Waals surface area contributed by atoms with Gasteiger partial charge in [-0.2, -0.15) is 0 Å². The van der Waals surface area contributed by atoms with Crippen molar-refractivity contribution in [2.45, 2.75) is 59.4 Å². The van der Waals surface area contributed by atoms with Crippen molar-refractivity contribution in [3.05, 3.63) is 11.6 Å². The molecule has 0 aliphatic rings. The summed E-state index contributed by atoms with van der Waals surface area (Å²) >= 11 is 0. The molecule has 0 aliphatic heterocycles. The van der Waals surface area contributed by atoms with Crippen LogP contribution in [0.3, 0.4) is 0 Å². The number of hydrogen-bond donors (Lipinski definition) is 3. The summed E-state index contributed by atoms with van der Waals surface area (Å²) in [5, 5.41) is 24.2. The SMILES string of the molecule is CCCCNC(=NCc1nnc(C)n1C)NCC(CCC)CCO.I. The number of nitrogens with one attached hydrogen (secondary N) is 2. The molecule has 0 saturated heterocycles. The second-order valence-electron chi connectivity index (χ2n) is 6.22. The molecule has 1 heterocycles. The van der Waals surface area contributed by atoms with Gasteiger partial charge in [0, 0.05) is 26.7 Å². The van der Waals surface area contributed by atoms with Crippen molar-refractivity contribution >= 4 is 29.9 Å². The third-order valence-corrected chi connectivity index (χ3v) is 4.18. The van der Waals surface area contributed by atoms with Crippen molar-refractivity contribution in [1.82, 2.24) is 25.4 Å². The van der Waals surface area contributed by atoms with Crippen LogP contribution in [0.5, 0.6) is 0 Å². The van der Waals surface area contributed by atoms with E-state index < -0.39 is 0 Å². The summed E-state index contributed by atoms with van der Waals surface area (Å²) in [5.41, 5.74) is 0. The molecule has 0 saturated carbocycles.